The van der Waals surface area contributed by atoms with Crippen LogP contribution in [-0.4, -0.2) is 26.2 Å². The molecule has 2 aromatic heterocycles. The van der Waals surface area contributed by atoms with Crippen molar-refractivity contribution in [1.29, 1.82) is 0 Å². The van der Waals surface area contributed by atoms with Gasteiger partial charge in [0.2, 0.25) is 4.80 Å². The maximum atomic E-state index is 12.4. The van der Waals surface area contributed by atoms with Crippen LogP contribution in [0.25, 0.3) is 10.2 Å². The zero-order valence-corrected chi connectivity index (χ0v) is 15.6. The van der Waals surface area contributed by atoms with Gasteiger partial charge < -0.3 is 14.0 Å². The lowest BCUT2D eigenvalue weighted by Crippen LogP contribution is -2.15. The van der Waals surface area contributed by atoms with Crippen LogP contribution in [0.3, 0.4) is 0 Å². The summed E-state index contributed by atoms with van der Waals surface area (Å²) in [5, 5.41) is 0. The molecule has 4 rings (SSSR count). The van der Waals surface area contributed by atoms with Gasteiger partial charge in [-0.15, -0.1) is 15.7 Å². The van der Waals surface area contributed by atoms with Crippen molar-refractivity contribution in [2.45, 2.75) is 4.21 Å². The number of halogens is 1. The molecule has 10 heteroatoms. The summed E-state index contributed by atoms with van der Waals surface area (Å²) in [6.07, 6.45) is 0. The van der Waals surface area contributed by atoms with Gasteiger partial charge >= 0.3 is 0 Å². The van der Waals surface area contributed by atoms with E-state index in [-0.39, 0.29) is 4.21 Å². The van der Waals surface area contributed by atoms with Gasteiger partial charge in [-0.05, 0) is 12.1 Å². The third-order valence-electron chi connectivity index (χ3n) is 3.47. The van der Waals surface area contributed by atoms with Crippen LogP contribution in [0.5, 0.6) is 11.5 Å². The first kappa shape index (κ1) is 15.9. The highest BCUT2D eigenvalue weighted by Crippen LogP contribution is 2.35. The van der Waals surface area contributed by atoms with E-state index in [1.54, 1.807) is 17.7 Å². The highest BCUT2D eigenvalue weighted by Gasteiger charge is 2.18. The molecule has 0 aliphatic carbocycles. The highest BCUT2D eigenvalue weighted by atomic mass is 35.5. The van der Waals surface area contributed by atoms with Gasteiger partial charge in [-0.3, -0.25) is 0 Å². The second-order valence-corrected chi connectivity index (χ2v) is 9.59. The van der Waals surface area contributed by atoms with Crippen molar-refractivity contribution in [3.8, 4) is 11.5 Å². The predicted molar refractivity (Wildman–Crippen MR) is 93.9 cm³/mol. The fourth-order valence-corrected chi connectivity index (χ4v) is 6.05. The first-order valence-electron chi connectivity index (χ1n) is 6.89. The van der Waals surface area contributed by atoms with Crippen molar-refractivity contribution in [3.05, 3.63) is 33.4 Å². The molecular formula is C14H11ClN2O4S3. The van der Waals surface area contributed by atoms with E-state index in [2.05, 4.69) is 4.40 Å². The molecule has 0 saturated heterocycles. The summed E-state index contributed by atoms with van der Waals surface area (Å²) in [6.45, 7) is 0.998. The fraction of sp³-hybridized carbons (Fsp3) is 0.214. The molecular weight excluding hydrogens is 392 g/mol. The van der Waals surface area contributed by atoms with E-state index in [4.69, 9.17) is 21.1 Å². The molecule has 3 aromatic rings. The van der Waals surface area contributed by atoms with E-state index in [9.17, 15) is 8.42 Å². The molecule has 0 fully saturated rings. The van der Waals surface area contributed by atoms with Gasteiger partial charge in [0, 0.05) is 19.2 Å². The van der Waals surface area contributed by atoms with Gasteiger partial charge in [0.1, 0.15) is 17.4 Å². The van der Waals surface area contributed by atoms with Crippen LogP contribution in [0.15, 0.2) is 32.9 Å². The molecule has 0 radical (unpaired) electrons. The van der Waals surface area contributed by atoms with E-state index < -0.39 is 10.0 Å². The number of sulfonamides is 1. The SMILES string of the molecule is Cn1/c(=N/S(=O)(=O)c2ccc(Cl)s2)sc2cc3c(cc21)OCCO3. The molecule has 0 spiro atoms. The Labute approximate surface area is 150 Å². The lowest BCUT2D eigenvalue weighted by Gasteiger charge is -2.18. The minimum atomic E-state index is -3.80. The third kappa shape index (κ3) is 2.71. The summed E-state index contributed by atoms with van der Waals surface area (Å²) in [5.74, 6) is 1.32. The summed E-state index contributed by atoms with van der Waals surface area (Å²) >= 11 is 8.08. The van der Waals surface area contributed by atoms with Crippen LogP contribution in [0.2, 0.25) is 4.34 Å². The van der Waals surface area contributed by atoms with Crippen LogP contribution < -0.4 is 14.3 Å². The van der Waals surface area contributed by atoms with Crippen molar-refractivity contribution in [3.63, 3.8) is 0 Å². The van der Waals surface area contributed by atoms with Gasteiger partial charge in [-0.25, -0.2) is 0 Å². The normalized spacial score (nSPS) is 15.2. The smallest absolute Gasteiger partial charge is 0.294 e. The number of fused-ring (bicyclic) bond motifs is 2. The number of thiazole rings is 1. The Morgan fingerprint density at radius 1 is 1.17 bits per heavy atom. The lowest BCUT2D eigenvalue weighted by atomic mass is 10.3. The van der Waals surface area contributed by atoms with Crippen LogP contribution in [0, 0.1) is 0 Å². The quantitative estimate of drug-likeness (QED) is 0.660. The Morgan fingerprint density at radius 2 is 1.88 bits per heavy atom. The Hall–Kier alpha value is -1.55. The number of ether oxygens (including phenoxy) is 2. The Kier molecular flexibility index (Phi) is 3.83. The Morgan fingerprint density at radius 3 is 2.54 bits per heavy atom. The topological polar surface area (TPSA) is 69.9 Å². The minimum Gasteiger partial charge on any atom is -0.486 e. The monoisotopic (exact) mass is 402 g/mol. The second-order valence-electron chi connectivity index (χ2n) is 5.03. The number of thiophene rings is 1. The maximum absolute atomic E-state index is 12.4. The number of rotatable bonds is 2. The fourth-order valence-electron chi connectivity index (χ4n) is 2.34. The molecule has 0 atom stereocenters. The second kappa shape index (κ2) is 5.76. The Balaban J connectivity index is 1.89. The number of nitrogens with zero attached hydrogens (tertiary/aromatic N) is 2. The van der Waals surface area contributed by atoms with E-state index in [1.807, 2.05) is 12.1 Å². The van der Waals surface area contributed by atoms with Crippen LogP contribution in [0.4, 0.5) is 0 Å². The van der Waals surface area contributed by atoms with Crippen LogP contribution in [0.1, 0.15) is 0 Å². The van der Waals surface area contributed by atoms with Crippen molar-refractivity contribution in [2.24, 2.45) is 11.4 Å². The average molecular weight is 403 g/mol. The predicted octanol–water partition coefficient (Wildman–Crippen LogP) is 3.02. The van der Waals surface area contributed by atoms with Crippen molar-refractivity contribution >= 4 is 54.5 Å². The standard InChI is InChI=1S/C14H11ClN2O4S3/c1-17-8-6-9-10(21-5-4-20-9)7-11(8)22-14(17)16-24(18,19)13-3-2-12(15)23-13/h2-3,6-7H,4-5H2,1H3/b16-14-. The summed E-state index contributed by atoms with van der Waals surface area (Å²) < 4.78 is 43.1. The van der Waals surface area contributed by atoms with Crippen LogP contribution in [-0.2, 0) is 17.1 Å². The molecule has 0 unspecified atom stereocenters. The highest BCUT2D eigenvalue weighted by molar-refractivity contribution is 7.92. The zero-order chi connectivity index (χ0) is 16.9. The number of aryl methyl sites for hydroxylation is 1. The average Bonchev–Trinajstić information content (AvgIpc) is 3.11. The first-order chi connectivity index (χ1) is 11.4. The molecule has 3 heterocycles. The lowest BCUT2D eigenvalue weighted by molar-refractivity contribution is 0.172. The van der Waals surface area contributed by atoms with Crippen molar-refractivity contribution in [1.82, 2.24) is 4.57 Å². The van der Waals surface area contributed by atoms with Crippen molar-refractivity contribution in [2.75, 3.05) is 13.2 Å². The number of hydrogen-bond acceptors (Lipinski definition) is 6. The summed E-state index contributed by atoms with van der Waals surface area (Å²) in [7, 11) is -2.03. The number of hydrogen-bond donors (Lipinski definition) is 0. The third-order valence-corrected chi connectivity index (χ3v) is 7.65. The van der Waals surface area contributed by atoms with E-state index in [1.165, 1.54) is 17.4 Å². The zero-order valence-electron chi connectivity index (χ0n) is 12.4. The molecule has 24 heavy (non-hydrogen) atoms. The molecule has 0 N–H and O–H groups in total. The molecule has 1 aliphatic heterocycles. The Bertz CT molecular complexity index is 1110. The largest absolute Gasteiger partial charge is 0.486 e. The number of benzene rings is 1. The molecule has 126 valence electrons. The molecule has 6 nitrogen and oxygen atoms in total. The minimum absolute atomic E-state index is 0.121. The maximum Gasteiger partial charge on any atom is 0.294 e. The van der Waals surface area contributed by atoms with E-state index in [0.717, 1.165) is 21.6 Å². The summed E-state index contributed by atoms with van der Waals surface area (Å²) in [6, 6.07) is 6.69. The molecule has 0 bridgehead atoms. The van der Waals surface area contributed by atoms with E-state index >= 15 is 0 Å². The van der Waals surface area contributed by atoms with Crippen molar-refractivity contribution < 1.29 is 17.9 Å². The molecule has 1 aliphatic rings. The number of aromatic nitrogens is 1. The van der Waals surface area contributed by atoms with Gasteiger partial charge in [0.05, 0.1) is 14.6 Å². The van der Waals surface area contributed by atoms with Gasteiger partial charge in [0.25, 0.3) is 10.0 Å². The molecule has 0 saturated carbocycles. The van der Waals surface area contributed by atoms with Gasteiger partial charge in [-0.2, -0.15) is 8.42 Å². The van der Waals surface area contributed by atoms with Gasteiger partial charge in [0.15, 0.2) is 11.5 Å². The molecule has 1 aromatic carbocycles. The summed E-state index contributed by atoms with van der Waals surface area (Å²) in [4.78, 5) is 0.372. The van der Waals surface area contributed by atoms with E-state index in [0.29, 0.717) is 33.9 Å². The summed E-state index contributed by atoms with van der Waals surface area (Å²) in [5.41, 5.74) is 0.836. The molecule has 0 amide bonds. The van der Waals surface area contributed by atoms with Gasteiger partial charge in [-0.1, -0.05) is 22.9 Å². The van der Waals surface area contributed by atoms with Crippen LogP contribution >= 0.6 is 34.3 Å². The first-order valence-corrected chi connectivity index (χ1v) is 10.3.